The molecule has 206 valence electrons. The van der Waals surface area contributed by atoms with E-state index >= 15 is 0 Å². The highest BCUT2D eigenvalue weighted by Crippen LogP contribution is 2.22. The number of amides is 2. The van der Waals surface area contributed by atoms with Gasteiger partial charge in [0, 0.05) is 78.5 Å². The maximum atomic E-state index is 12.8. The van der Waals surface area contributed by atoms with Crippen molar-refractivity contribution in [2.75, 3.05) is 98.3 Å². The van der Waals surface area contributed by atoms with Crippen molar-refractivity contribution >= 4 is 17.8 Å². The Bertz CT molecular complexity index is 869. The number of imide groups is 1. The molecule has 2 aliphatic rings. The fraction of sp³-hybridized carbons (Fsp3) is 0.625. The van der Waals surface area contributed by atoms with Crippen LogP contribution >= 0.6 is 0 Å². The lowest BCUT2D eigenvalue weighted by Gasteiger charge is -2.34. The lowest BCUT2D eigenvalue weighted by molar-refractivity contribution is -0.245. The van der Waals surface area contributed by atoms with E-state index in [0.717, 1.165) is 0 Å². The van der Waals surface area contributed by atoms with E-state index in [1.807, 2.05) is 4.90 Å². The monoisotopic (exact) mass is 523 g/mol. The molecular formula is C24H37N5O8. The highest BCUT2D eigenvalue weighted by Gasteiger charge is 2.35. The molecule has 3 N–H and O–H groups in total. The third-order valence-electron chi connectivity index (χ3n) is 6.80. The minimum atomic E-state index is -0.912. The Morgan fingerprint density at radius 1 is 0.676 bits per heavy atom. The molecule has 1 saturated heterocycles. The predicted molar refractivity (Wildman–Crippen MR) is 132 cm³/mol. The Kier molecular flexibility index (Phi) is 11.8. The van der Waals surface area contributed by atoms with Crippen LogP contribution in [-0.2, 0) is 14.6 Å². The van der Waals surface area contributed by atoms with Gasteiger partial charge in [-0.15, -0.1) is 0 Å². The number of fused-ring (bicyclic) bond motifs is 1. The maximum Gasteiger partial charge on any atom is 0.317 e. The molecule has 1 aromatic rings. The van der Waals surface area contributed by atoms with E-state index in [1.54, 1.807) is 24.3 Å². The van der Waals surface area contributed by atoms with Gasteiger partial charge in [0.15, 0.2) is 0 Å². The Morgan fingerprint density at radius 2 is 1.08 bits per heavy atom. The second kappa shape index (κ2) is 15.1. The van der Waals surface area contributed by atoms with Gasteiger partial charge >= 0.3 is 5.97 Å². The maximum absolute atomic E-state index is 12.8. The normalized spacial score (nSPS) is 19.6. The Balaban J connectivity index is 1.67. The fourth-order valence-corrected chi connectivity index (χ4v) is 4.62. The van der Waals surface area contributed by atoms with E-state index in [2.05, 4.69) is 24.5 Å². The molecule has 2 amide bonds. The van der Waals surface area contributed by atoms with E-state index in [-0.39, 0.29) is 38.1 Å². The molecule has 0 saturated carbocycles. The number of hydrogen-bond acceptors (Lipinski definition) is 11. The van der Waals surface area contributed by atoms with E-state index in [1.165, 1.54) is 4.90 Å². The molecule has 0 spiro atoms. The van der Waals surface area contributed by atoms with Gasteiger partial charge in [-0.2, -0.15) is 0 Å². The van der Waals surface area contributed by atoms with Gasteiger partial charge in [-0.1, -0.05) is 12.1 Å². The number of carbonyl (C=O) groups excluding carboxylic acids is 2. The van der Waals surface area contributed by atoms with Gasteiger partial charge in [0.1, 0.15) is 0 Å². The average molecular weight is 524 g/mol. The number of nitrogens with zero attached hydrogens (tertiary/aromatic N) is 5. The van der Waals surface area contributed by atoms with Gasteiger partial charge in [-0.3, -0.25) is 49.4 Å². The van der Waals surface area contributed by atoms with Gasteiger partial charge in [0.2, 0.25) is 0 Å². The second-order valence-electron chi connectivity index (χ2n) is 9.17. The van der Waals surface area contributed by atoms with Crippen molar-refractivity contribution in [3.8, 4) is 0 Å². The van der Waals surface area contributed by atoms with Gasteiger partial charge in [0.25, 0.3) is 11.8 Å². The van der Waals surface area contributed by atoms with Crippen LogP contribution in [0.5, 0.6) is 0 Å². The molecule has 37 heavy (non-hydrogen) atoms. The van der Waals surface area contributed by atoms with Crippen molar-refractivity contribution in [2.24, 2.45) is 0 Å². The lowest BCUT2D eigenvalue weighted by atomic mass is 10.1. The quantitative estimate of drug-likeness (QED) is 0.196. The van der Waals surface area contributed by atoms with Crippen molar-refractivity contribution in [3.05, 3.63) is 35.4 Å². The van der Waals surface area contributed by atoms with Gasteiger partial charge in [-0.25, -0.2) is 9.78 Å². The minimum Gasteiger partial charge on any atom is -0.480 e. The average Bonchev–Trinajstić information content (AvgIpc) is 3.13. The van der Waals surface area contributed by atoms with E-state index in [4.69, 9.17) is 10.5 Å². The Labute approximate surface area is 216 Å². The number of aliphatic carboxylic acids is 1. The summed E-state index contributed by atoms with van der Waals surface area (Å²) in [4.78, 5) is 55.1. The largest absolute Gasteiger partial charge is 0.480 e. The van der Waals surface area contributed by atoms with Gasteiger partial charge in [0.05, 0.1) is 30.9 Å². The summed E-state index contributed by atoms with van der Waals surface area (Å²) in [5, 5.41) is 27.0. The smallest absolute Gasteiger partial charge is 0.317 e. The van der Waals surface area contributed by atoms with Crippen LogP contribution < -0.4 is 0 Å². The van der Waals surface area contributed by atoms with E-state index in [0.29, 0.717) is 83.1 Å². The Morgan fingerprint density at radius 3 is 1.49 bits per heavy atom. The molecule has 0 atom stereocenters. The molecule has 3 rings (SSSR count). The predicted octanol–water partition coefficient (Wildman–Crippen LogP) is -0.432. The standard InChI is InChI=1S/C24H37N5O8/c30-22(31)19-28-11-9-25(13-14-29-23(32)20-3-1-2-4-21(20)24(29)33)5-6-26(15-17-36-34)7-8-27(10-12-28)16-18-37-35/h1-4,34-35H,5-19H2,(H,30,31). The molecule has 13 nitrogen and oxygen atoms in total. The number of benzene rings is 1. The van der Waals surface area contributed by atoms with E-state index in [9.17, 15) is 19.5 Å². The summed E-state index contributed by atoms with van der Waals surface area (Å²) in [5.41, 5.74) is 0.834. The molecule has 0 unspecified atom stereocenters. The summed E-state index contributed by atoms with van der Waals surface area (Å²) in [6.45, 7) is 6.65. The lowest BCUT2D eigenvalue weighted by Crippen LogP contribution is -2.49. The molecule has 0 bridgehead atoms. The van der Waals surface area contributed by atoms with Crippen LogP contribution in [0.3, 0.4) is 0 Å². The van der Waals surface area contributed by atoms with Crippen LogP contribution in [0.15, 0.2) is 24.3 Å². The third kappa shape index (κ3) is 8.79. The van der Waals surface area contributed by atoms with Crippen molar-refractivity contribution in [3.63, 3.8) is 0 Å². The van der Waals surface area contributed by atoms with Crippen molar-refractivity contribution < 1.29 is 39.8 Å². The number of carboxylic acids is 1. The highest BCUT2D eigenvalue weighted by molar-refractivity contribution is 6.21. The molecule has 0 aromatic heterocycles. The van der Waals surface area contributed by atoms with Crippen LogP contribution in [0.1, 0.15) is 20.7 Å². The zero-order valence-corrected chi connectivity index (χ0v) is 21.0. The first-order chi connectivity index (χ1) is 17.9. The van der Waals surface area contributed by atoms with Gasteiger partial charge in [-0.05, 0) is 12.1 Å². The zero-order valence-electron chi connectivity index (χ0n) is 21.0. The fourth-order valence-electron chi connectivity index (χ4n) is 4.62. The van der Waals surface area contributed by atoms with Crippen molar-refractivity contribution in [1.82, 2.24) is 24.5 Å². The number of hydrogen-bond donors (Lipinski definition) is 3. The SMILES string of the molecule is O=C(O)CN1CCN(CCOO)CCN(CCOO)CCN(CCN2C(=O)c3ccccc3C2=O)CC1. The first kappa shape index (κ1) is 29.1. The summed E-state index contributed by atoms with van der Waals surface area (Å²) >= 11 is 0. The molecule has 2 heterocycles. The summed E-state index contributed by atoms with van der Waals surface area (Å²) < 4.78 is 0. The molecule has 13 heteroatoms. The molecule has 2 aliphatic heterocycles. The Hall–Kier alpha value is -2.49. The van der Waals surface area contributed by atoms with Crippen LogP contribution in [0, 0.1) is 0 Å². The summed E-state index contributed by atoms with van der Waals surface area (Å²) in [7, 11) is 0. The topological polar surface area (TPSA) is 147 Å². The second-order valence-corrected chi connectivity index (χ2v) is 9.17. The molecule has 1 aromatic carbocycles. The minimum absolute atomic E-state index is 0.101. The first-order valence-electron chi connectivity index (χ1n) is 12.5. The summed E-state index contributed by atoms with van der Waals surface area (Å²) in [6, 6.07) is 6.80. The van der Waals surface area contributed by atoms with Crippen LogP contribution in [0.25, 0.3) is 0 Å². The molecule has 0 aliphatic carbocycles. The molecular weight excluding hydrogens is 486 g/mol. The highest BCUT2D eigenvalue weighted by atomic mass is 17.1. The summed E-state index contributed by atoms with van der Waals surface area (Å²) in [5.74, 6) is -1.50. The first-order valence-corrected chi connectivity index (χ1v) is 12.5. The van der Waals surface area contributed by atoms with Gasteiger partial charge < -0.3 is 5.11 Å². The van der Waals surface area contributed by atoms with Crippen molar-refractivity contribution in [1.29, 1.82) is 0 Å². The zero-order chi connectivity index (χ0) is 26.6. The number of carboxylic acid groups (broad SMARTS) is 1. The number of rotatable bonds is 11. The summed E-state index contributed by atoms with van der Waals surface area (Å²) in [6.07, 6.45) is 0. The molecule has 1 fully saturated rings. The molecule has 0 radical (unpaired) electrons. The van der Waals surface area contributed by atoms with Crippen molar-refractivity contribution in [2.45, 2.75) is 0 Å². The van der Waals surface area contributed by atoms with E-state index < -0.39 is 5.97 Å². The van der Waals surface area contributed by atoms with Crippen LogP contribution in [-0.4, -0.2) is 156 Å². The van der Waals surface area contributed by atoms with Crippen LogP contribution in [0.2, 0.25) is 0 Å². The van der Waals surface area contributed by atoms with Crippen LogP contribution in [0.4, 0.5) is 0 Å². The number of carbonyl (C=O) groups is 3. The third-order valence-corrected chi connectivity index (χ3v) is 6.80.